The molecule has 0 aromatic heterocycles. The Balaban J connectivity index is 0.00000128. The van der Waals surface area contributed by atoms with Gasteiger partial charge in [-0.05, 0) is 30.6 Å². The number of carbonyl (C=O) groups is 1. The maximum Gasteiger partial charge on any atom is 0.239 e. The van der Waals surface area contributed by atoms with Crippen molar-refractivity contribution in [1.82, 2.24) is 4.90 Å². The molecule has 1 amide bonds. The van der Waals surface area contributed by atoms with Crippen molar-refractivity contribution in [3.8, 4) is 0 Å². The van der Waals surface area contributed by atoms with Gasteiger partial charge in [0.1, 0.15) is 0 Å². The van der Waals surface area contributed by atoms with E-state index < -0.39 is 0 Å². The number of hydrogen-bond acceptors (Lipinski definition) is 2. The van der Waals surface area contributed by atoms with E-state index in [1.165, 1.54) is 19.3 Å². The fraction of sp³-hybridized carbons (Fsp3) is 0.917. The fourth-order valence-electron chi connectivity index (χ4n) is 2.91. The molecule has 4 heteroatoms. The minimum Gasteiger partial charge on any atom is -0.341 e. The molecule has 1 heterocycles. The Hall–Kier alpha value is -0.280. The van der Waals surface area contributed by atoms with Crippen LogP contribution in [0.1, 0.15) is 33.1 Å². The van der Waals surface area contributed by atoms with E-state index in [0.717, 1.165) is 24.9 Å². The summed E-state index contributed by atoms with van der Waals surface area (Å²) in [6, 6.07) is -0.302. The number of fused-ring (bicyclic) bond motifs is 1. The first-order valence-corrected chi connectivity index (χ1v) is 6.14. The van der Waals surface area contributed by atoms with Gasteiger partial charge in [-0.3, -0.25) is 4.79 Å². The molecule has 16 heavy (non-hydrogen) atoms. The Labute approximate surface area is 104 Å². The van der Waals surface area contributed by atoms with Crippen LogP contribution in [-0.2, 0) is 4.79 Å². The average molecular weight is 247 g/mol. The number of carbonyl (C=O) groups excluding carboxylic acids is 1. The molecule has 2 N–H and O–H groups in total. The molecule has 0 spiro atoms. The smallest absolute Gasteiger partial charge is 0.239 e. The molecule has 3 nitrogen and oxygen atoms in total. The quantitative estimate of drug-likeness (QED) is 0.806. The van der Waals surface area contributed by atoms with Gasteiger partial charge in [-0.15, -0.1) is 12.4 Å². The van der Waals surface area contributed by atoms with Crippen LogP contribution in [0.2, 0.25) is 0 Å². The highest BCUT2D eigenvalue weighted by Crippen LogP contribution is 2.37. The normalized spacial score (nSPS) is 30.1. The topological polar surface area (TPSA) is 46.3 Å². The fourth-order valence-corrected chi connectivity index (χ4v) is 2.91. The van der Waals surface area contributed by atoms with Gasteiger partial charge in [0.15, 0.2) is 0 Å². The summed E-state index contributed by atoms with van der Waals surface area (Å²) in [6.07, 6.45) is 3.98. The van der Waals surface area contributed by atoms with Crippen molar-refractivity contribution >= 4 is 18.3 Å². The van der Waals surface area contributed by atoms with Crippen molar-refractivity contribution in [2.75, 3.05) is 13.1 Å². The summed E-state index contributed by atoms with van der Waals surface area (Å²) in [5.41, 5.74) is 5.90. The van der Waals surface area contributed by atoms with Gasteiger partial charge >= 0.3 is 0 Å². The summed E-state index contributed by atoms with van der Waals surface area (Å²) in [5, 5.41) is 0. The highest BCUT2D eigenvalue weighted by Gasteiger charge is 2.39. The zero-order chi connectivity index (χ0) is 11.0. The molecular formula is C12H23ClN2O. The highest BCUT2D eigenvalue weighted by atomic mass is 35.5. The summed E-state index contributed by atoms with van der Waals surface area (Å²) in [6.45, 7) is 5.95. The number of hydrogen-bond donors (Lipinski definition) is 1. The van der Waals surface area contributed by atoms with Crippen molar-refractivity contribution in [1.29, 1.82) is 0 Å². The summed E-state index contributed by atoms with van der Waals surface area (Å²) < 4.78 is 0. The molecule has 0 aromatic rings. The van der Waals surface area contributed by atoms with Crippen LogP contribution in [-0.4, -0.2) is 29.9 Å². The Morgan fingerprint density at radius 2 is 1.75 bits per heavy atom. The minimum absolute atomic E-state index is 0. The van der Waals surface area contributed by atoms with Gasteiger partial charge < -0.3 is 10.6 Å². The number of halogens is 1. The Morgan fingerprint density at radius 1 is 1.25 bits per heavy atom. The molecule has 1 aliphatic heterocycles. The van der Waals surface area contributed by atoms with Gasteiger partial charge in [0.2, 0.25) is 5.91 Å². The van der Waals surface area contributed by atoms with Crippen LogP contribution in [0.3, 0.4) is 0 Å². The first-order valence-electron chi connectivity index (χ1n) is 6.14. The third-order valence-corrected chi connectivity index (χ3v) is 4.04. The molecule has 0 bridgehead atoms. The molecule has 2 fully saturated rings. The Kier molecular flexibility index (Phi) is 4.62. The van der Waals surface area contributed by atoms with Crippen LogP contribution < -0.4 is 5.73 Å². The van der Waals surface area contributed by atoms with Crippen molar-refractivity contribution in [3.05, 3.63) is 0 Å². The maximum absolute atomic E-state index is 12.0. The van der Waals surface area contributed by atoms with Crippen LogP contribution in [0.4, 0.5) is 0 Å². The van der Waals surface area contributed by atoms with Gasteiger partial charge in [-0.2, -0.15) is 0 Å². The maximum atomic E-state index is 12.0. The molecule has 1 saturated heterocycles. The SMILES string of the molecule is CC(C)C(N)C(=O)N1CC2CCCC2C1.Cl. The lowest BCUT2D eigenvalue weighted by atomic mass is 10.0. The van der Waals surface area contributed by atoms with E-state index in [1.807, 2.05) is 18.7 Å². The standard InChI is InChI=1S/C12H22N2O.ClH/c1-8(2)11(13)12(15)14-6-9-4-3-5-10(9)7-14;/h8-11H,3-7,13H2,1-2H3;1H. The molecule has 1 aliphatic carbocycles. The minimum atomic E-state index is -0.302. The second-order valence-electron chi connectivity index (χ2n) is 5.46. The third kappa shape index (κ3) is 2.51. The lowest BCUT2D eigenvalue weighted by Gasteiger charge is -2.23. The molecular weight excluding hydrogens is 224 g/mol. The average Bonchev–Trinajstić information content (AvgIpc) is 2.74. The second-order valence-corrected chi connectivity index (χ2v) is 5.46. The van der Waals surface area contributed by atoms with E-state index in [0.29, 0.717) is 0 Å². The largest absolute Gasteiger partial charge is 0.341 e. The Morgan fingerprint density at radius 3 is 2.19 bits per heavy atom. The summed E-state index contributed by atoms with van der Waals surface area (Å²) in [5.74, 6) is 1.96. The van der Waals surface area contributed by atoms with Gasteiger partial charge in [0.05, 0.1) is 6.04 Å². The van der Waals surface area contributed by atoms with E-state index in [-0.39, 0.29) is 30.3 Å². The molecule has 0 aromatic carbocycles. The second kappa shape index (κ2) is 5.37. The van der Waals surface area contributed by atoms with Gasteiger partial charge in [0, 0.05) is 13.1 Å². The van der Waals surface area contributed by atoms with E-state index in [2.05, 4.69) is 0 Å². The van der Waals surface area contributed by atoms with Crippen LogP contribution in [0.5, 0.6) is 0 Å². The Bertz CT molecular complexity index is 245. The number of likely N-dealkylation sites (tertiary alicyclic amines) is 1. The van der Waals surface area contributed by atoms with Crippen molar-refractivity contribution in [3.63, 3.8) is 0 Å². The van der Waals surface area contributed by atoms with E-state index >= 15 is 0 Å². The lowest BCUT2D eigenvalue weighted by Crippen LogP contribution is -2.45. The van der Waals surface area contributed by atoms with Crippen LogP contribution in [0.15, 0.2) is 0 Å². The van der Waals surface area contributed by atoms with E-state index in [4.69, 9.17) is 5.73 Å². The molecule has 0 radical (unpaired) electrons. The van der Waals surface area contributed by atoms with E-state index in [9.17, 15) is 4.79 Å². The molecule has 2 aliphatic rings. The van der Waals surface area contributed by atoms with Crippen LogP contribution >= 0.6 is 12.4 Å². The lowest BCUT2D eigenvalue weighted by molar-refractivity contribution is -0.132. The summed E-state index contributed by atoms with van der Waals surface area (Å²) >= 11 is 0. The van der Waals surface area contributed by atoms with Crippen molar-refractivity contribution in [2.45, 2.75) is 39.2 Å². The number of nitrogens with zero attached hydrogens (tertiary/aromatic N) is 1. The molecule has 2 rings (SSSR count). The van der Waals surface area contributed by atoms with Crippen LogP contribution in [0, 0.1) is 17.8 Å². The van der Waals surface area contributed by atoms with Gasteiger partial charge in [-0.1, -0.05) is 20.3 Å². The first-order chi connectivity index (χ1) is 7.09. The number of nitrogens with two attached hydrogens (primary N) is 1. The monoisotopic (exact) mass is 246 g/mol. The van der Waals surface area contributed by atoms with Crippen LogP contribution in [0.25, 0.3) is 0 Å². The first kappa shape index (κ1) is 13.8. The van der Waals surface area contributed by atoms with Gasteiger partial charge in [0.25, 0.3) is 0 Å². The molecule has 3 unspecified atom stereocenters. The highest BCUT2D eigenvalue weighted by molar-refractivity contribution is 5.85. The molecule has 94 valence electrons. The zero-order valence-corrected chi connectivity index (χ0v) is 11.0. The number of amides is 1. The summed E-state index contributed by atoms with van der Waals surface area (Å²) in [7, 11) is 0. The predicted molar refractivity (Wildman–Crippen MR) is 67.5 cm³/mol. The zero-order valence-electron chi connectivity index (χ0n) is 10.2. The third-order valence-electron chi connectivity index (χ3n) is 4.04. The summed E-state index contributed by atoms with van der Waals surface area (Å²) in [4.78, 5) is 14.0. The van der Waals surface area contributed by atoms with Crippen molar-refractivity contribution in [2.24, 2.45) is 23.5 Å². The van der Waals surface area contributed by atoms with Gasteiger partial charge in [-0.25, -0.2) is 0 Å². The predicted octanol–water partition coefficient (Wildman–Crippen LogP) is 1.65. The molecule has 1 saturated carbocycles. The van der Waals surface area contributed by atoms with Crippen molar-refractivity contribution < 1.29 is 4.79 Å². The van der Waals surface area contributed by atoms with E-state index in [1.54, 1.807) is 0 Å². The number of rotatable bonds is 2. The molecule has 3 atom stereocenters.